The summed E-state index contributed by atoms with van der Waals surface area (Å²) < 4.78 is 6.06. The average molecular weight is 1370 g/mol. The van der Waals surface area contributed by atoms with Gasteiger partial charge in [-0.15, -0.1) is 0 Å². The molecule has 3 fully saturated rings. The summed E-state index contributed by atoms with van der Waals surface area (Å²) in [6, 6.07) is -15.0. The number of piperazine rings is 1. The third-order valence-electron chi connectivity index (χ3n) is 19.2. The molecule has 552 valence electrons. The van der Waals surface area contributed by atoms with Crippen LogP contribution in [0.2, 0.25) is 0 Å². The van der Waals surface area contributed by atoms with Gasteiger partial charge in [0, 0.05) is 80.9 Å². The van der Waals surface area contributed by atoms with E-state index in [0.29, 0.717) is 26.2 Å². The first-order chi connectivity index (χ1) is 45.1. The summed E-state index contributed by atoms with van der Waals surface area (Å²) in [6.07, 6.45) is 0.345. The van der Waals surface area contributed by atoms with Crippen molar-refractivity contribution in [3.63, 3.8) is 0 Å². The highest BCUT2D eigenvalue weighted by Gasteiger charge is 2.49. The number of ether oxygens (including phenoxy) is 1. The van der Waals surface area contributed by atoms with Crippen LogP contribution in [-0.4, -0.2) is 292 Å². The number of aliphatic hydroxyl groups excluding tert-OH is 2. The Morgan fingerprint density at radius 3 is 1.49 bits per heavy atom. The minimum absolute atomic E-state index is 0.0906. The molecule has 3 aliphatic heterocycles. The Hall–Kier alpha value is -6.94. The monoisotopic (exact) mass is 1370 g/mol. The molecule has 6 N–H and O–H groups in total. The average Bonchev–Trinajstić information content (AvgIpc) is 1.79. The van der Waals surface area contributed by atoms with Crippen molar-refractivity contribution >= 4 is 71.1 Å². The van der Waals surface area contributed by atoms with E-state index in [4.69, 9.17) is 4.74 Å². The maximum Gasteiger partial charge on any atom is 0.410 e. The van der Waals surface area contributed by atoms with E-state index in [1.54, 1.807) is 60.6 Å². The Balaban J connectivity index is 2.38. The smallest absolute Gasteiger partial charge is 0.410 e. The van der Waals surface area contributed by atoms with Gasteiger partial charge in [0.2, 0.25) is 65.0 Å². The second kappa shape index (κ2) is 37.9. The topological polar surface area (TPSA) is 332 Å². The van der Waals surface area contributed by atoms with Crippen molar-refractivity contribution < 1.29 is 72.5 Å². The number of carbonyl (C=O) groups excluding carboxylic acids is 12. The molecule has 1 unspecified atom stereocenters. The maximum absolute atomic E-state index is 15.4. The number of amides is 12. The molecular weight excluding hydrogens is 1250 g/mol. The predicted octanol–water partition coefficient (Wildman–Crippen LogP) is 1.89. The molecule has 0 saturated carbocycles. The summed E-state index contributed by atoms with van der Waals surface area (Å²) in [5.74, 6) is -11.1. The van der Waals surface area contributed by atoms with Crippen LogP contribution in [0.25, 0.3) is 0 Å². The summed E-state index contributed by atoms with van der Waals surface area (Å²) in [6.45, 7) is 30.2. The van der Waals surface area contributed by atoms with Crippen molar-refractivity contribution in [3.05, 3.63) is 12.2 Å². The highest BCUT2D eigenvalue weighted by atomic mass is 16.6. The number of fused-ring (bicyclic) bond motifs is 1. The highest BCUT2D eigenvalue weighted by molar-refractivity contribution is 6.00. The van der Waals surface area contributed by atoms with Crippen LogP contribution in [-0.2, 0) is 57.5 Å². The van der Waals surface area contributed by atoms with Crippen LogP contribution in [0.3, 0.4) is 0 Å². The number of hydrogen-bond acceptors (Lipinski definition) is 16. The number of allylic oxidation sites excluding steroid dienone is 2. The molecule has 14 atom stereocenters. The van der Waals surface area contributed by atoms with Gasteiger partial charge in [-0.3, -0.25) is 57.6 Å². The van der Waals surface area contributed by atoms with Gasteiger partial charge in [-0.05, 0) is 102 Å². The zero-order chi connectivity index (χ0) is 74.1. The molecule has 0 aliphatic carbocycles. The van der Waals surface area contributed by atoms with Crippen molar-refractivity contribution in [1.29, 1.82) is 0 Å². The third-order valence-corrected chi connectivity index (χ3v) is 19.2. The summed E-state index contributed by atoms with van der Waals surface area (Å²) >= 11 is 0. The van der Waals surface area contributed by atoms with Gasteiger partial charge in [-0.2, -0.15) is 0 Å². The molecule has 3 aliphatic rings. The van der Waals surface area contributed by atoms with E-state index in [0.717, 1.165) is 19.6 Å². The van der Waals surface area contributed by atoms with Crippen LogP contribution < -0.4 is 21.3 Å². The van der Waals surface area contributed by atoms with Crippen molar-refractivity contribution in [2.45, 2.75) is 241 Å². The lowest BCUT2D eigenvalue weighted by molar-refractivity contribution is -0.157. The highest BCUT2D eigenvalue weighted by Crippen LogP contribution is 2.29. The zero-order valence-electron chi connectivity index (χ0n) is 62.4. The van der Waals surface area contributed by atoms with E-state index < -0.39 is 174 Å². The van der Waals surface area contributed by atoms with Gasteiger partial charge in [0.1, 0.15) is 72.6 Å². The molecule has 0 radical (unpaired) electrons. The predicted molar refractivity (Wildman–Crippen MR) is 367 cm³/mol. The Bertz CT molecular complexity index is 2750. The lowest BCUT2D eigenvalue weighted by atomic mass is 9.91. The van der Waals surface area contributed by atoms with E-state index in [1.165, 1.54) is 75.7 Å². The fraction of sp³-hybridized carbons (Fsp3) is 0.797. The SMILES string of the molecule is C/C=C/C[C@@H](C)[C@@H](O)[C@H]1C(=O)N[C@@H](CC)C(=O)N2CC(OC(=O)N3CCN(C(C)C)CC3)C[C@@H]2C(=O)N(C)[C@@H](CO)C(=O)N[C@@H](C(C)C)C(=O)N(C)[C@@H](CC(C)C)C(=O)N[C@@H](C)C(=O)N[C@H](C)C(=O)N(C)[C@@H](CC(C)C)C(=O)N(C)[C@@H](CC(C)C)C(=O)N(C)[C@@H](C(C)C)C(=O)N1C. The molecule has 28 heteroatoms. The Morgan fingerprint density at radius 1 is 0.536 bits per heavy atom. The summed E-state index contributed by atoms with van der Waals surface area (Å²) in [7, 11) is 8.20. The van der Waals surface area contributed by atoms with Gasteiger partial charge in [0.15, 0.2) is 0 Å². The van der Waals surface area contributed by atoms with Gasteiger partial charge in [0.25, 0.3) is 0 Å². The second-order valence-electron chi connectivity index (χ2n) is 29.3. The molecule has 3 saturated heterocycles. The summed E-state index contributed by atoms with van der Waals surface area (Å²) in [4.78, 5) is 189. The lowest BCUT2D eigenvalue weighted by Gasteiger charge is -2.41. The Morgan fingerprint density at radius 2 is 1.01 bits per heavy atom. The quantitative estimate of drug-likeness (QED) is 0.120. The Kier molecular flexibility index (Phi) is 32.9. The first-order valence-corrected chi connectivity index (χ1v) is 34.8. The standard InChI is InChI=1S/C69H121N13O15/c1-24-26-27-44(15)57(84)56-61(88)72-48(25-2)63(90)82-36-47(97-69(96)81-30-28-80(29-31-81)43(13)14)35-52(82)66(93)77(21)53(37-83)60(87)73-54(41(9)10)67(94)74(18)49(32-38(3)4)59(86)70-45(16)58(85)71-46(17)62(89)75(19)50(33-39(5)6)64(91)76(20)51(34-40(7)8)65(92)78(22)55(42(11)12)68(95)79(56)23/h24,26,38-57,83-84H,25,27-37H2,1-23H3,(H,70,86)(H,71,85)(H,72,88)(H,73,87)/b26-24+/t44-,45+,46-,47?,48+,49+,50+,51+,52-,53+,54+,55+,56+,57-/m1/s1. The molecule has 3 heterocycles. The minimum Gasteiger partial charge on any atom is -0.444 e. The maximum atomic E-state index is 15.4. The largest absolute Gasteiger partial charge is 0.444 e. The number of hydrogen-bond donors (Lipinski definition) is 6. The molecular formula is C69H121N13O15. The molecule has 0 bridgehead atoms. The van der Waals surface area contributed by atoms with Crippen LogP contribution >= 0.6 is 0 Å². The van der Waals surface area contributed by atoms with Gasteiger partial charge in [0.05, 0.1) is 19.3 Å². The molecule has 0 aromatic rings. The van der Waals surface area contributed by atoms with Crippen molar-refractivity contribution in [2.24, 2.45) is 35.5 Å². The first kappa shape index (κ1) is 84.3. The van der Waals surface area contributed by atoms with Crippen LogP contribution in [0, 0.1) is 35.5 Å². The molecule has 97 heavy (non-hydrogen) atoms. The fourth-order valence-electron chi connectivity index (χ4n) is 12.9. The van der Waals surface area contributed by atoms with Gasteiger partial charge in [-0.1, -0.05) is 95.2 Å². The van der Waals surface area contributed by atoms with E-state index in [2.05, 4.69) is 26.2 Å². The van der Waals surface area contributed by atoms with E-state index in [9.17, 15) is 39.0 Å². The lowest BCUT2D eigenvalue weighted by Crippen LogP contribution is -2.64. The normalized spacial score (nSPS) is 28.3. The van der Waals surface area contributed by atoms with E-state index >= 15 is 28.8 Å². The van der Waals surface area contributed by atoms with Crippen LogP contribution in [0.4, 0.5) is 4.79 Å². The van der Waals surface area contributed by atoms with Crippen LogP contribution in [0.15, 0.2) is 12.2 Å². The van der Waals surface area contributed by atoms with Crippen LogP contribution in [0.1, 0.15) is 156 Å². The number of nitrogens with one attached hydrogen (secondary N) is 4. The van der Waals surface area contributed by atoms with Crippen molar-refractivity contribution in [1.82, 2.24) is 65.4 Å². The van der Waals surface area contributed by atoms with Crippen molar-refractivity contribution in [3.8, 4) is 0 Å². The van der Waals surface area contributed by atoms with Crippen LogP contribution in [0.5, 0.6) is 0 Å². The molecule has 12 amide bonds. The zero-order valence-corrected chi connectivity index (χ0v) is 62.4. The van der Waals surface area contributed by atoms with Crippen molar-refractivity contribution in [2.75, 3.05) is 81.6 Å². The number of aliphatic hydroxyl groups is 2. The molecule has 0 aromatic heterocycles. The molecule has 0 aromatic carbocycles. The number of carbonyl (C=O) groups is 12. The first-order valence-electron chi connectivity index (χ1n) is 34.8. The number of rotatable bonds is 16. The number of likely N-dealkylation sites (N-methyl/N-ethyl adjacent to an activating group) is 6. The number of nitrogens with zero attached hydrogens (tertiary/aromatic N) is 9. The Labute approximate surface area is 577 Å². The molecule has 0 spiro atoms. The summed E-state index contributed by atoms with van der Waals surface area (Å²) in [5.41, 5.74) is 0. The second-order valence-corrected chi connectivity index (χ2v) is 29.3. The van der Waals surface area contributed by atoms with Gasteiger partial charge in [-0.25, -0.2) is 4.79 Å². The summed E-state index contributed by atoms with van der Waals surface area (Å²) in [5, 5.41) is 34.1. The third kappa shape index (κ3) is 22.0. The van der Waals surface area contributed by atoms with Gasteiger partial charge < -0.3 is 75.4 Å². The fourth-order valence-corrected chi connectivity index (χ4v) is 12.9. The van der Waals surface area contributed by atoms with E-state index in [1.807, 2.05) is 55.4 Å². The molecule has 3 rings (SSSR count). The van der Waals surface area contributed by atoms with E-state index in [-0.39, 0.29) is 68.9 Å². The molecule has 28 nitrogen and oxygen atoms in total. The van der Waals surface area contributed by atoms with Gasteiger partial charge >= 0.3 is 6.09 Å². The minimum atomic E-state index is -1.72.